The van der Waals surface area contributed by atoms with E-state index in [1.54, 1.807) is 11.1 Å². The van der Waals surface area contributed by atoms with Gasteiger partial charge in [-0.15, -0.1) is 4.72 Å². The van der Waals surface area contributed by atoms with E-state index >= 15 is 0 Å². The molecule has 1 fully saturated rings. The molecule has 0 spiro atoms. The number of aromatic nitrogens is 1. The minimum atomic E-state index is -1.14. The topological polar surface area (TPSA) is 86.8 Å². The lowest BCUT2D eigenvalue weighted by Gasteiger charge is -2.28. The third-order valence-corrected chi connectivity index (χ3v) is 7.53. The lowest BCUT2D eigenvalue weighted by Crippen LogP contribution is -2.44. The Morgan fingerprint density at radius 3 is 2.68 bits per heavy atom. The highest BCUT2D eigenvalue weighted by atomic mass is 35.5. The smallest absolute Gasteiger partial charge is 0.410 e. The number of amides is 1. The normalized spacial score (nSPS) is 18.7. The van der Waals surface area contributed by atoms with Gasteiger partial charge in [0.15, 0.2) is 0 Å². The monoisotopic (exact) mass is 515 g/mol. The SMILES string of the molecule is CC(C)(C)OC(=O)N1CC[C@@H](OCCCCC(CCc2cccnc2Cl)N[S@+]([O-])C(C)(C)C)C1. The maximum Gasteiger partial charge on any atom is 0.410 e. The predicted octanol–water partition coefficient (Wildman–Crippen LogP) is 5.28. The zero-order valence-electron chi connectivity index (χ0n) is 21.6. The standard InChI is InChI=1S/C25H42ClN3O4S/c1-24(2,3)33-23(30)29-16-14-21(18-29)32-17-8-7-11-20(28-34(31)25(4,5)6)13-12-19-10-9-15-27-22(19)26/h9-10,15,20-21,28H,7-8,11-14,16-18H2,1-6H3/t20?,21-,34-/m1/s1. The van der Waals surface area contributed by atoms with E-state index in [-0.39, 0.29) is 23.0 Å². The Morgan fingerprint density at radius 1 is 1.29 bits per heavy atom. The van der Waals surface area contributed by atoms with Crippen LogP contribution in [0.1, 0.15) is 79.2 Å². The second-order valence-electron chi connectivity index (χ2n) is 10.9. The fraction of sp³-hybridized carbons (Fsp3) is 0.760. The Hall–Kier alpha value is -1.06. The summed E-state index contributed by atoms with van der Waals surface area (Å²) in [4.78, 5) is 18.1. The highest BCUT2D eigenvalue weighted by Crippen LogP contribution is 2.21. The van der Waals surface area contributed by atoms with Gasteiger partial charge in [-0.2, -0.15) is 0 Å². The second kappa shape index (κ2) is 13.3. The fourth-order valence-corrected chi connectivity index (χ4v) is 4.73. The Balaban J connectivity index is 1.74. The van der Waals surface area contributed by atoms with Gasteiger partial charge in [0.1, 0.15) is 15.5 Å². The molecular weight excluding hydrogens is 474 g/mol. The van der Waals surface area contributed by atoms with Crippen LogP contribution in [0.3, 0.4) is 0 Å². The number of hydrogen-bond acceptors (Lipinski definition) is 6. The molecule has 9 heteroatoms. The largest absolute Gasteiger partial charge is 0.598 e. The Labute approximate surface area is 213 Å². The maximum absolute atomic E-state index is 12.7. The molecule has 0 saturated carbocycles. The first kappa shape index (κ1) is 29.2. The van der Waals surface area contributed by atoms with Crippen molar-refractivity contribution in [3.05, 3.63) is 29.0 Å². The molecule has 1 aromatic heterocycles. The van der Waals surface area contributed by atoms with E-state index in [4.69, 9.17) is 21.1 Å². The molecule has 3 atom stereocenters. The Morgan fingerprint density at radius 2 is 2.03 bits per heavy atom. The van der Waals surface area contributed by atoms with E-state index in [0.717, 1.165) is 44.1 Å². The summed E-state index contributed by atoms with van der Waals surface area (Å²) in [5.41, 5.74) is 0.524. The molecule has 7 nitrogen and oxygen atoms in total. The van der Waals surface area contributed by atoms with E-state index in [0.29, 0.717) is 24.8 Å². The van der Waals surface area contributed by atoms with E-state index in [1.807, 2.05) is 53.7 Å². The van der Waals surface area contributed by atoms with Gasteiger partial charge < -0.3 is 18.9 Å². The van der Waals surface area contributed by atoms with Crippen LogP contribution in [0.25, 0.3) is 0 Å². The highest BCUT2D eigenvalue weighted by molar-refractivity contribution is 7.90. The molecule has 0 bridgehead atoms. The van der Waals surface area contributed by atoms with Crippen molar-refractivity contribution in [2.45, 2.75) is 103 Å². The minimum Gasteiger partial charge on any atom is -0.598 e. The molecule has 0 aliphatic carbocycles. The van der Waals surface area contributed by atoms with Crippen LogP contribution in [-0.4, -0.2) is 62.7 Å². The summed E-state index contributed by atoms with van der Waals surface area (Å²) in [5.74, 6) is 0. The third kappa shape index (κ3) is 10.7. The Bertz CT molecular complexity index is 769. The number of nitrogens with zero attached hydrogens (tertiary/aromatic N) is 2. The van der Waals surface area contributed by atoms with E-state index in [9.17, 15) is 9.35 Å². The van der Waals surface area contributed by atoms with Crippen LogP contribution >= 0.6 is 11.6 Å². The van der Waals surface area contributed by atoms with E-state index in [1.165, 1.54) is 0 Å². The molecule has 2 rings (SSSR count). The van der Waals surface area contributed by atoms with Gasteiger partial charge in [-0.3, -0.25) is 0 Å². The van der Waals surface area contributed by atoms with Crippen molar-refractivity contribution in [2.75, 3.05) is 19.7 Å². The lowest BCUT2D eigenvalue weighted by atomic mass is 10.0. The van der Waals surface area contributed by atoms with Crippen LogP contribution in [0.15, 0.2) is 18.3 Å². The van der Waals surface area contributed by atoms with Crippen molar-refractivity contribution < 1.29 is 18.8 Å². The van der Waals surface area contributed by atoms with Gasteiger partial charge in [-0.05, 0) is 91.7 Å². The first-order valence-electron chi connectivity index (χ1n) is 12.2. The van der Waals surface area contributed by atoms with Crippen LogP contribution in [0.4, 0.5) is 4.79 Å². The van der Waals surface area contributed by atoms with Gasteiger partial charge in [0.05, 0.1) is 18.7 Å². The number of aryl methyl sites for hydroxylation is 1. The van der Waals surface area contributed by atoms with Crippen molar-refractivity contribution in [3.63, 3.8) is 0 Å². The summed E-state index contributed by atoms with van der Waals surface area (Å²) in [7, 11) is 0. The number of rotatable bonds is 11. The predicted molar refractivity (Wildman–Crippen MR) is 138 cm³/mol. The number of likely N-dealkylation sites (tertiary alicyclic amines) is 1. The molecule has 1 N–H and O–H groups in total. The maximum atomic E-state index is 12.7. The van der Waals surface area contributed by atoms with Crippen molar-refractivity contribution in [2.24, 2.45) is 0 Å². The first-order valence-corrected chi connectivity index (χ1v) is 13.7. The molecule has 2 heterocycles. The number of carbonyl (C=O) groups is 1. The fourth-order valence-electron chi connectivity index (χ4n) is 3.63. The molecule has 34 heavy (non-hydrogen) atoms. The van der Waals surface area contributed by atoms with Crippen molar-refractivity contribution in [1.82, 2.24) is 14.6 Å². The molecule has 1 unspecified atom stereocenters. The summed E-state index contributed by atoms with van der Waals surface area (Å²) < 4.78 is 27.1. The molecule has 1 aliphatic rings. The van der Waals surface area contributed by atoms with Crippen LogP contribution < -0.4 is 4.72 Å². The van der Waals surface area contributed by atoms with Crippen LogP contribution in [0.2, 0.25) is 5.15 Å². The number of carbonyl (C=O) groups excluding carboxylic acids is 1. The number of ether oxygens (including phenoxy) is 2. The van der Waals surface area contributed by atoms with Gasteiger partial charge in [-0.1, -0.05) is 17.7 Å². The number of nitrogens with one attached hydrogen (secondary N) is 1. The number of unbranched alkanes of at least 4 members (excludes halogenated alkanes) is 1. The molecule has 1 amide bonds. The summed E-state index contributed by atoms with van der Waals surface area (Å²) in [6.07, 6.45) is 6.70. The number of pyridine rings is 1. The second-order valence-corrected chi connectivity index (χ2v) is 13.2. The summed E-state index contributed by atoms with van der Waals surface area (Å²) in [5, 5.41) is 0.531. The van der Waals surface area contributed by atoms with Gasteiger partial charge in [0.25, 0.3) is 0 Å². The lowest BCUT2D eigenvalue weighted by molar-refractivity contribution is 0.0206. The molecular formula is C25H42ClN3O4S. The average molecular weight is 516 g/mol. The zero-order valence-corrected chi connectivity index (χ0v) is 23.1. The van der Waals surface area contributed by atoms with Gasteiger partial charge in [0.2, 0.25) is 0 Å². The summed E-state index contributed by atoms with van der Waals surface area (Å²) in [6.45, 7) is 13.4. The minimum absolute atomic E-state index is 0.0579. The van der Waals surface area contributed by atoms with Crippen molar-refractivity contribution >= 4 is 29.1 Å². The third-order valence-electron chi connectivity index (χ3n) is 5.53. The quantitative estimate of drug-likeness (QED) is 0.245. The van der Waals surface area contributed by atoms with Crippen LogP contribution in [-0.2, 0) is 27.3 Å². The summed E-state index contributed by atoms with van der Waals surface area (Å²) in [6, 6.07) is 4.00. The molecule has 1 aliphatic heterocycles. The molecule has 0 aromatic carbocycles. The van der Waals surface area contributed by atoms with E-state index < -0.39 is 17.0 Å². The molecule has 1 saturated heterocycles. The van der Waals surface area contributed by atoms with Crippen molar-refractivity contribution in [1.29, 1.82) is 0 Å². The van der Waals surface area contributed by atoms with Crippen molar-refractivity contribution in [3.8, 4) is 0 Å². The number of halogens is 1. The zero-order chi connectivity index (χ0) is 25.4. The average Bonchev–Trinajstić information content (AvgIpc) is 3.19. The van der Waals surface area contributed by atoms with Gasteiger partial charge >= 0.3 is 6.09 Å². The molecule has 1 aromatic rings. The number of hydrogen-bond donors (Lipinski definition) is 1. The van der Waals surface area contributed by atoms with Gasteiger partial charge in [-0.25, -0.2) is 9.78 Å². The Kier molecular flexibility index (Phi) is 11.4. The van der Waals surface area contributed by atoms with Crippen LogP contribution in [0, 0.1) is 0 Å². The van der Waals surface area contributed by atoms with E-state index in [2.05, 4.69) is 9.71 Å². The summed E-state index contributed by atoms with van der Waals surface area (Å²) >= 11 is 5.08. The highest BCUT2D eigenvalue weighted by Gasteiger charge is 2.31. The first-order chi connectivity index (χ1) is 15.8. The molecule has 194 valence electrons. The molecule has 0 radical (unpaired) electrons. The van der Waals surface area contributed by atoms with Gasteiger partial charge in [0, 0.05) is 30.7 Å². The van der Waals surface area contributed by atoms with Crippen LogP contribution in [0.5, 0.6) is 0 Å².